The second-order valence-corrected chi connectivity index (χ2v) is 9.09. The van der Waals surface area contributed by atoms with Gasteiger partial charge in [-0.05, 0) is 18.3 Å². The van der Waals surface area contributed by atoms with E-state index in [1.165, 1.54) is 5.32 Å². The molecule has 0 saturated heterocycles. The van der Waals surface area contributed by atoms with Gasteiger partial charge in [0.05, 0.1) is 11.1 Å². The van der Waals surface area contributed by atoms with Crippen molar-refractivity contribution in [2.24, 2.45) is 11.8 Å². The van der Waals surface area contributed by atoms with Crippen LogP contribution in [0.4, 0.5) is 65.9 Å². The molecule has 41 heavy (non-hydrogen) atoms. The van der Waals surface area contributed by atoms with Gasteiger partial charge in [0.25, 0.3) is 0 Å². The first kappa shape index (κ1) is 36.4. The number of halogens is 15. The predicted molar refractivity (Wildman–Crippen MR) is 118 cm³/mol. The summed E-state index contributed by atoms with van der Waals surface area (Å²) in [5.74, 6) is -26.3. The molecule has 2 atom stereocenters. The topological polar surface area (TPSA) is 12.0 Å². The molecule has 0 aromatic heterocycles. The summed E-state index contributed by atoms with van der Waals surface area (Å²) in [6.07, 6.45) is -0.815. The predicted octanol–water partition coefficient (Wildman–Crippen LogP) is 9.72. The van der Waals surface area contributed by atoms with E-state index in [0.29, 0.717) is 12.3 Å². The first-order valence-corrected chi connectivity index (χ1v) is 12.0. The highest BCUT2D eigenvalue weighted by atomic mass is 19.4. The van der Waals surface area contributed by atoms with Crippen LogP contribution >= 0.6 is 0 Å². The van der Waals surface area contributed by atoms with E-state index in [0.717, 1.165) is 25.7 Å². The van der Waals surface area contributed by atoms with Crippen molar-refractivity contribution in [1.29, 1.82) is 0 Å². The number of alkyl halides is 5. The molecule has 2 aromatic rings. The summed E-state index contributed by atoms with van der Waals surface area (Å²) in [6.45, 7) is 5.52. The largest absolute Gasteiger partial charge is 0.469 e. The van der Waals surface area contributed by atoms with Crippen LogP contribution in [0.5, 0.6) is 0 Å². The average molecular weight is 623 g/mol. The Hall–Kier alpha value is -2.65. The number of benzene rings is 2. The average Bonchev–Trinajstić information content (AvgIpc) is 2.91. The van der Waals surface area contributed by atoms with Crippen molar-refractivity contribution in [3.8, 4) is 11.1 Å². The van der Waals surface area contributed by atoms with E-state index < -0.39 is 81.5 Å². The molecule has 234 valence electrons. The zero-order valence-electron chi connectivity index (χ0n) is 21.6. The van der Waals surface area contributed by atoms with E-state index in [-0.39, 0.29) is 12.5 Å². The molecule has 0 aliphatic carbocycles. The lowest BCUT2D eigenvalue weighted by molar-refractivity contribution is -0.295. The van der Waals surface area contributed by atoms with E-state index in [9.17, 15) is 65.9 Å². The quantitative estimate of drug-likeness (QED) is 0.120. The molecule has 0 fully saturated rings. The second kappa shape index (κ2) is 14.5. The van der Waals surface area contributed by atoms with Crippen LogP contribution in [0.3, 0.4) is 0 Å². The minimum absolute atomic E-state index is 0.195. The Morgan fingerprint density at radius 1 is 0.537 bits per heavy atom. The third-order valence-corrected chi connectivity index (χ3v) is 6.04. The van der Waals surface area contributed by atoms with E-state index in [1.807, 2.05) is 0 Å². The van der Waals surface area contributed by atoms with Crippen LogP contribution < -0.4 is 5.32 Å². The molecular formula is C25H24F15N. The molecule has 16 heteroatoms. The van der Waals surface area contributed by atoms with E-state index in [4.69, 9.17) is 0 Å². The van der Waals surface area contributed by atoms with E-state index in [1.54, 1.807) is 6.92 Å². The molecule has 1 nitrogen and oxygen atoms in total. The van der Waals surface area contributed by atoms with Crippen LogP contribution in [0.25, 0.3) is 11.1 Å². The molecule has 2 rings (SSSR count). The van der Waals surface area contributed by atoms with Crippen molar-refractivity contribution in [3.05, 3.63) is 58.2 Å². The summed E-state index contributed by atoms with van der Waals surface area (Å²) >= 11 is 0. The summed E-state index contributed by atoms with van der Waals surface area (Å²) in [5, 5.41) is 1.31. The van der Waals surface area contributed by atoms with Crippen molar-refractivity contribution < 1.29 is 65.9 Å². The normalized spacial score (nSPS) is 13.6. The Bertz CT molecular complexity index is 1070. The van der Waals surface area contributed by atoms with Crippen molar-refractivity contribution in [2.45, 2.75) is 65.1 Å². The molecule has 0 bridgehead atoms. The molecule has 0 radical (unpaired) electrons. The van der Waals surface area contributed by atoms with Crippen LogP contribution in [0.1, 0.15) is 52.9 Å². The molecule has 0 aliphatic heterocycles. The molecule has 0 amide bonds. The van der Waals surface area contributed by atoms with Gasteiger partial charge in [0.1, 0.15) is 0 Å². The highest BCUT2D eigenvalue weighted by molar-refractivity contribution is 5.67. The maximum absolute atomic E-state index is 13.4. The highest BCUT2D eigenvalue weighted by Crippen LogP contribution is 2.37. The van der Waals surface area contributed by atoms with Gasteiger partial charge in [-0.2, -0.15) is 22.0 Å². The first-order chi connectivity index (χ1) is 18.7. The fourth-order valence-electron chi connectivity index (χ4n) is 3.63. The maximum atomic E-state index is 13.4. The minimum Gasteiger partial charge on any atom is -0.250 e. The van der Waals surface area contributed by atoms with Gasteiger partial charge < -0.3 is 0 Å². The van der Waals surface area contributed by atoms with Gasteiger partial charge in [-0.25, -0.2) is 49.2 Å². The van der Waals surface area contributed by atoms with Crippen molar-refractivity contribution >= 4 is 0 Å². The van der Waals surface area contributed by atoms with Gasteiger partial charge in [0.2, 0.25) is 11.6 Å². The molecule has 2 unspecified atom stereocenters. The summed E-state index contributed by atoms with van der Waals surface area (Å²) in [4.78, 5) is 0. The van der Waals surface area contributed by atoms with E-state index in [2.05, 4.69) is 13.8 Å². The van der Waals surface area contributed by atoms with Crippen molar-refractivity contribution in [2.75, 3.05) is 6.54 Å². The third kappa shape index (κ3) is 8.44. The summed E-state index contributed by atoms with van der Waals surface area (Å²) in [7, 11) is 0. The van der Waals surface area contributed by atoms with Gasteiger partial charge in [-0.3, -0.25) is 0 Å². The number of hydrogen-bond acceptors (Lipinski definition) is 1. The molecule has 0 saturated carbocycles. The van der Waals surface area contributed by atoms with Gasteiger partial charge in [-0.1, -0.05) is 46.5 Å². The summed E-state index contributed by atoms with van der Waals surface area (Å²) in [6, 6.07) is -4.80. The second-order valence-electron chi connectivity index (χ2n) is 9.09. The van der Waals surface area contributed by atoms with Crippen molar-refractivity contribution in [1.82, 2.24) is 5.32 Å². The lowest BCUT2D eigenvalue weighted by atomic mass is 9.91. The van der Waals surface area contributed by atoms with Gasteiger partial charge in [0, 0.05) is 6.54 Å². The SMILES string of the molecule is CCCC(CC)CCC(C)CNC(F)(F)C(F)(F)F.Fc1c(F)c(F)c(-c2c(F)c(F)c(F)c(F)c2F)c(F)c1F. The van der Waals surface area contributed by atoms with Crippen LogP contribution in [0.15, 0.2) is 0 Å². The Labute approximate surface area is 224 Å². The monoisotopic (exact) mass is 623 g/mol. The molecule has 2 aromatic carbocycles. The molecular weight excluding hydrogens is 599 g/mol. The number of hydrogen-bond donors (Lipinski definition) is 1. The standard InChI is InChI=1S/C13H24F5N.C12F10/c1-4-6-11(5-2)8-7-10(3)9-19-13(17,18)12(14,15)16;13-3-1(4(14)8(18)11(21)7(3)17)2-5(15)9(19)12(22)10(20)6(2)16/h10-11,19H,4-9H2,1-3H3;. The fourth-order valence-corrected chi connectivity index (χ4v) is 3.63. The Kier molecular flexibility index (Phi) is 12.9. The van der Waals surface area contributed by atoms with Gasteiger partial charge >= 0.3 is 12.2 Å². The Morgan fingerprint density at radius 3 is 1.17 bits per heavy atom. The maximum Gasteiger partial charge on any atom is 0.469 e. The van der Waals surface area contributed by atoms with Crippen LogP contribution in [0, 0.1) is 70.0 Å². The van der Waals surface area contributed by atoms with Crippen molar-refractivity contribution in [3.63, 3.8) is 0 Å². The smallest absolute Gasteiger partial charge is 0.250 e. The first-order valence-electron chi connectivity index (χ1n) is 12.0. The molecule has 1 N–H and O–H groups in total. The zero-order valence-corrected chi connectivity index (χ0v) is 21.6. The third-order valence-electron chi connectivity index (χ3n) is 6.04. The summed E-state index contributed by atoms with van der Waals surface area (Å²) in [5.41, 5.74) is -4.52. The highest BCUT2D eigenvalue weighted by Gasteiger charge is 2.57. The van der Waals surface area contributed by atoms with Gasteiger partial charge in [0.15, 0.2) is 46.5 Å². The Morgan fingerprint density at radius 2 is 0.878 bits per heavy atom. The zero-order chi connectivity index (χ0) is 32.0. The van der Waals surface area contributed by atoms with E-state index >= 15 is 0 Å². The van der Waals surface area contributed by atoms with Crippen LogP contribution in [-0.2, 0) is 0 Å². The lowest BCUT2D eigenvalue weighted by Crippen LogP contribution is -2.50. The van der Waals surface area contributed by atoms with Crippen LogP contribution in [-0.4, -0.2) is 18.8 Å². The fraction of sp³-hybridized carbons (Fsp3) is 0.520. The Balaban J connectivity index is 0.000000416. The molecule has 0 aliphatic rings. The summed E-state index contributed by atoms with van der Waals surface area (Å²) < 4.78 is 192. The molecule has 0 spiro atoms. The van der Waals surface area contributed by atoms with Gasteiger partial charge in [-0.15, -0.1) is 0 Å². The number of rotatable bonds is 10. The molecule has 0 heterocycles. The lowest BCUT2D eigenvalue weighted by Gasteiger charge is -2.23. The van der Waals surface area contributed by atoms with Crippen LogP contribution in [0.2, 0.25) is 0 Å². The number of nitrogens with one attached hydrogen (secondary N) is 1. The minimum atomic E-state index is -5.53.